The SMILES string of the molecule is O=C(NCCc1ccc(Cl)cc1)[C@@H]1CCCN(CC(F)(F)F)C1. The van der Waals surface area contributed by atoms with Gasteiger partial charge >= 0.3 is 6.18 Å². The highest BCUT2D eigenvalue weighted by molar-refractivity contribution is 6.30. The first-order valence-electron chi connectivity index (χ1n) is 7.65. The quantitative estimate of drug-likeness (QED) is 0.885. The van der Waals surface area contributed by atoms with Gasteiger partial charge in [-0.05, 0) is 43.5 Å². The van der Waals surface area contributed by atoms with Crippen LogP contribution in [0.4, 0.5) is 13.2 Å². The van der Waals surface area contributed by atoms with Crippen LogP contribution < -0.4 is 5.32 Å². The molecule has 128 valence electrons. The first-order valence-corrected chi connectivity index (χ1v) is 8.02. The third-order valence-corrected chi connectivity index (χ3v) is 4.16. The molecular weight excluding hydrogens is 329 g/mol. The summed E-state index contributed by atoms with van der Waals surface area (Å²) in [4.78, 5) is 13.4. The molecule has 1 N–H and O–H groups in total. The number of hydrogen-bond donors (Lipinski definition) is 1. The van der Waals surface area contributed by atoms with Crippen LogP contribution in [-0.4, -0.2) is 43.2 Å². The molecule has 1 heterocycles. The summed E-state index contributed by atoms with van der Waals surface area (Å²) in [5.41, 5.74) is 1.05. The molecule has 1 amide bonds. The van der Waals surface area contributed by atoms with E-state index >= 15 is 0 Å². The second-order valence-corrected chi connectivity index (χ2v) is 6.29. The second kappa shape index (κ2) is 8.02. The molecular formula is C16H20ClF3N2O. The number of halogens is 4. The lowest BCUT2D eigenvalue weighted by atomic mass is 9.97. The number of amides is 1. The van der Waals surface area contributed by atoms with E-state index in [2.05, 4.69) is 5.32 Å². The maximum absolute atomic E-state index is 12.4. The molecule has 1 atom stereocenters. The maximum atomic E-state index is 12.4. The zero-order valence-electron chi connectivity index (χ0n) is 12.7. The lowest BCUT2D eigenvalue weighted by molar-refractivity contribution is -0.152. The topological polar surface area (TPSA) is 32.3 Å². The van der Waals surface area contributed by atoms with Crippen molar-refractivity contribution in [2.45, 2.75) is 25.4 Å². The summed E-state index contributed by atoms with van der Waals surface area (Å²) in [6.07, 6.45) is -2.29. The van der Waals surface area contributed by atoms with Gasteiger partial charge in [-0.15, -0.1) is 0 Å². The van der Waals surface area contributed by atoms with Crippen molar-refractivity contribution in [3.63, 3.8) is 0 Å². The minimum absolute atomic E-state index is 0.161. The molecule has 7 heteroatoms. The number of carbonyl (C=O) groups excluding carboxylic acids is 1. The zero-order valence-corrected chi connectivity index (χ0v) is 13.5. The Hall–Kier alpha value is -1.27. The van der Waals surface area contributed by atoms with Crippen LogP contribution in [0.25, 0.3) is 0 Å². The Kier molecular flexibility index (Phi) is 6.30. The molecule has 0 aromatic heterocycles. The van der Waals surface area contributed by atoms with Gasteiger partial charge in [-0.1, -0.05) is 23.7 Å². The normalized spacial score (nSPS) is 19.6. The summed E-state index contributed by atoms with van der Waals surface area (Å²) in [5.74, 6) is -0.526. The fourth-order valence-corrected chi connectivity index (χ4v) is 2.92. The third kappa shape index (κ3) is 6.39. The van der Waals surface area contributed by atoms with E-state index in [4.69, 9.17) is 11.6 Å². The van der Waals surface area contributed by atoms with Gasteiger partial charge in [-0.25, -0.2) is 0 Å². The van der Waals surface area contributed by atoms with Crippen LogP contribution in [0.3, 0.4) is 0 Å². The van der Waals surface area contributed by atoms with Crippen LogP contribution in [0, 0.1) is 5.92 Å². The second-order valence-electron chi connectivity index (χ2n) is 5.86. The van der Waals surface area contributed by atoms with E-state index in [1.807, 2.05) is 12.1 Å². The van der Waals surface area contributed by atoms with Gasteiger partial charge in [0.15, 0.2) is 0 Å². The van der Waals surface area contributed by atoms with Gasteiger partial charge in [0.05, 0.1) is 12.5 Å². The Labute approximate surface area is 138 Å². The van der Waals surface area contributed by atoms with Crippen molar-refractivity contribution in [2.24, 2.45) is 5.92 Å². The van der Waals surface area contributed by atoms with Gasteiger partial charge in [-0.2, -0.15) is 13.2 Å². The standard InChI is InChI=1S/C16H20ClF3N2O/c17-14-5-3-12(4-6-14)7-8-21-15(23)13-2-1-9-22(10-13)11-16(18,19)20/h3-6,13H,1-2,7-11H2,(H,21,23)/t13-/m1/s1. The van der Waals surface area contributed by atoms with Crippen LogP contribution in [0.2, 0.25) is 5.02 Å². The summed E-state index contributed by atoms with van der Waals surface area (Å²) in [6.45, 7) is 0.0954. The van der Waals surface area contributed by atoms with E-state index < -0.39 is 12.7 Å². The van der Waals surface area contributed by atoms with Crippen LogP contribution in [-0.2, 0) is 11.2 Å². The molecule has 2 rings (SSSR count). The highest BCUT2D eigenvalue weighted by Gasteiger charge is 2.34. The summed E-state index contributed by atoms with van der Waals surface area (Å²) >= 11 is 5.80. The zero-order chi connectivity index (χ0) is 16.9. The van der Waals surface area contributed by atoms with Gasteiger partial charge < -0.3 is 5.32 Å². The van der Waals surface area contributed by atoms with Crippen LogP contribution >= 0.6 is 11.6 Å². The Bertz CT molecular complexity index is 519. The highest BCUT2D eigenvalue weighted by Crippen LogP contribution is 2.22. The van der Waals surface area contributed by atoms with Crippen molar-refractivity contribution in [1.29, 1.82) is 0 Å². The van der Waals surface area contributed by atoms with Crippen molar-refractivity contribution in [1.82, 2.24) is 10.2 Å². The first-order chi connectivity index (χ1) is 10.8. The van der Waals surface area contributed by atoms with Crippen LogP contribution in [0.1, 0.15) is 18.4 Å². The molecule has 1 fully saturated rings. The number of piperidine rings is 1. The van der Waals surface area contributed by atoms with Crippen molar-refractivity contribution in [3.8, 4) is 0 Å². The molecule has 3 nitrogen and oxygen atoms in total. The molecule has 0 spiro atoms. The van der Waals surface area contributed by atoms with Gasteiger partial charge in [-0.3, -0.25) is 9.69 Å². The lowest BCUT2D eigenvalue weighted by Crippen LogP contribution is -2.46. The minimum Gasteiger partial charge on any atom is -0.355 e. The smallest absolute Gasteiger partial charge is 0.355 e. The maximum Gasteiger partial charge on any atom is 0.401 e. The number of nitrogens with zero attached hydrogens (tertiary/aromatic N) is 1. The molecule has 1 saturated heterocycles. The van der Waals surface area contributed by atoms with Gasteiger partial charge in [0.1, 0.15) is 0 Å². The fourth-order valence-electron chi connectivity index (χ4n) is 2.79. The minimum atomic E-state index is -4.22. The van der Waals surface area contributed by atoms with E-state index in [1.165, 1.54) is 4.90 Å². The van der Waals surface area contributed by atoms with E-state index in [0.29, 0.717) is 37.4 Å². The largest absolute Gasteiger partial charge is 0.401 e. The van der Waals surface area contributed by atoms with Crippen molar-refractivity contribution >= 4 is 17.5 Å². The van der Waals surface area contributed by atoms with Crippen LogP contribution in [0.15, 0.2) is 24.3 Å². The molecule has 0 aliphatic carbocycles. The van der Waals surface area contributed by atoms with E-state index in [0.717, 1.165) is 5.56 Å². The van der Waals surface area contributed by atoms with E-state index in [1.54, 1.807) is 12.1 Å². The number of rotatable bonds is 5. The number of likely N-dealkylation sites (tertiary alicyclic amines) is 1. The molecule has 1 aromatic rings. The number of nitrogens with one attached hydrogen (secondary N) is 1. The van der Waals surface area contributed by atoms with Crippen molar-refractivity contribution < 1.29 is 18.0 Å². The fraction of sp³-hybridized carbons (Fsp3) is 0.562. The molecule has 23 heavy (non-hydrogen) atoms. The highest BCUT2D eigenvalue weighted by atomic mass is 35.5. The summed E-state index contributed by atoms with van der Waals surface area (Å²) in [6, 6.07) is 7.35. The molecule has 1 aliphatic heterocycles. The van der Waals surface area contributed by atoms with Crippen molar-refractivity contribution in [3.05, 3.63) is 34.9 Å². The van der Waals surface area contributed by atoms with E-state index in [-0.39, 0.29) is 18.4 Å². The van der Waals surface area contributed by atoms with Gasteiger partial charge in [0, 0.05) is 18.1 Å². The molecule has 1 aromatic carbocycles. The molecule has 0 saturated carbocycles. The molecule has 1 aliphatic rings. The van der Waals surface area contributed by atoms with E-state index in [9.17, 15) is 18.0 Å². The predicted molar refractivity (Wildman–Crippen MR) is 83.4 cm³/mol. The summed E-state index contributed by atoms with van der Waals surface area (Å²) < 4.78 is 37.3. The molecule has 0 radical (unpaired) electrons. The van der Waals surface area contributed by atoms with Gasteiger partial charge in [0.2, 0.25) is 5.91 Å². The first kappa shape index (κ1) is 18.1. The van der Waals surface area contributed by atoms with Crippen LogP contribution in [0.5, 0.6) is 0 Å². The molecule has 0 unspecified atom stereocenters. The summed E-state index contributed by atoms with van der Waals surface area (Å²) in [5, 5.41) is 3.48. The Morgan fingerprint density at radius 1 is 1.30 bits per heavy atom. The Morgan fingerprint density at radius 2 is 2.00 bits per heavy atom. The average molecular weight is 349 g/mol. The summed E-state index contributed by atoms with van der Waals surface area (Å²) in [7, 11) is 0. The number of carbonyl (C=O) groups is 1. The Morgan fingerprint density at radius 3 is 2.65 bits per heavy atom. The van der Waals surface area contributed by atoms with Crippen molar-refractivity contribution in [2.75, 3.05) is 26.2 Å². The number of alkyl halides is 3. The third-order valence-electron chi connectivity index (χ3n) is 3.91. The number of hydrogen-bond acceptors (Lipinski definition) is 2. The number of benzene rings is 1. The average Bonchev–Trinajstić information content (AvgIpc) is 2.48. The Balaban J connectivity index is 1.75. The lowest BCUT2D eigenvalue weighted by Gasteiger charge is -2.32. The predicted octanol–water partition coefficient (Wildman–Crippen LogP) is 3.27. The van der Waals surface area contributed by atoms with Gasteiger partial charge in [0.25, 0.3) is 0 Å². The molecule has 0 bridgehead atoms. The monoisotopic (exact) mass is 348 g/mol.